The second-order valence-electron chi connectivity index (χ2n) is 8.71. The number of hydrogen-bond acceptors (Lipinski definition) is 4. The molecule has 0 aromatic heterocycles. The van der Waals surface area contributed by atoms with E-state index in [1.807, 2.05) is 54.6 Å². The summed E-state index contributed by atoms with van der Waals surface area (Å²) in [5.74, 6) is -0.544. The molecule has 9 heteroatoms. The summed E-state index contributed by atoms with van der Waals surface area (Å²) in [7, 11) is -1.99. The lowest BCUT2D eigenvalue weighted by Gasteiger charge is -2.32. The Morgan fingerprint density at radius 3 is 2.11 bits per heavy atom. The van der Waals surface area contributed by atoms with E-state index in [1.165, 1.54) is 4.31 Å². The SMILES string of the molecule is CNC(=O)C(Cc1ccccc1)N(Cc1ccccc1Cl)C(=O)CCCN(c1ccccc1)S(C)(=O)=O. The van der Waals surface area contributed by atoms with Crippen LogP contribution in [0.4, 0.5) is 5.69 Å². The van der Waals surface area contributed by atoms with E-state index in [9.17, 15) is 18.0 Å². The topological polar surface area (TPSA) is 86.8 Å². The Kier molecular flexibility index (Phi) is 10.1. The highest BCUT2D eigenvalue weighted by Gasteiger charge is 2.30. The standard InChI is InChI=1S/C28H32ClN3O4S/c1-30-28(34)26(20-22-12-5-3-6-13-22)31(21-23-14-9-10-17-25(23)29)27(33)18-11-19-32(37(2,35)36)24-15-7-4-8-16-24/h3-10,12-17,26H,11,18-21H2,1-2H3,(H,30,34). The quantitative estimate of drug-likeness (QED) is 0.371. The number of benzene rings is 3. The van der Waals surface area contributed by atoms with Crippen molar-refractivity contribution >= 4 is 39.1 Å². The summed E-state index contributed by atoms with van der Waals surface area (Å²) in [6.07, 6.45) is 1.82. The first-order chi connectivity index (χ1) is 17.7. The average Bonchev–Trinajstić information content (AvgIpc) is 2.89. The van der Waals surface area contributed by atoms with E-state index in [1.54, 1.807) is 42.3 Å². The van der Waals surface area contributed by atoms with Gasteiger partial charge in [-0.3, -0.25) is 13.9 Å². The molecular formula is C28H32ClN3O4S. The first-order valence-corrected chi connectivity index (χ1v) is 14.2. The maximum absolute atomic E-state index is 13.6. The number of hydrogen-bond donors (Lipinski definition) is 1. The van der Waals surface area contributed by atoms with Gasteiger partial charge >= 0.3 is 0 Å². The molecule has 2 amide bonds. The molecule has 0 spiro atoms. The van der Waals surface area contributed by atoms with Gasteiger partial charge in [0, 0.05) is 38.0 Å². The highest BCUT2D eigenvalue weighted by molar-refractivity contribution is 7.92. The second-order valence-corrected chi connectivity index (χ2v) is 11.0. The lowest BCUT2D eigenvalue weighted by molar-refractivity contribution is -0.141. The number of nitrogens with one attached hydrogen (secondary N) is 1. The molecule has 0 radical (unpaired) electrons. The van der Waals surface area contributed by atoms with Crippen molar-refractivity contribution in [3.05, 3.63) is 101 Å². The molecule has 1 unspecified atom stereocenters. The van der Waals surface area contributed by atoms with Crippen LogP contribution in [0, 0.1) is 0 Å². The van der Waals surface area contributed by atoms with Gasteiger partial charge in [-0.1, -0.05) is 78.3 Å². The zero-order valence-electron chi connectivity index (χ0n) is 21.0. The third-order valence-electron chi connectivity index (χ3n) is 6.01. The molecule has 196 valence electrons. The second kappa shape index (κ2) is 13.3. The number of sulfonamides is 1. The average molecular weight is 542 g/mol. The maximum Gasteiger partial charge on any atom is 0.242 e. The van der Waals surface area contributed by atoms with Crippen molar-refractivity contribution < 1.29 is 18.0 Å². The van der Waals surface area contributed by atoms with Crippen LogP contribution < -0.4 is 9.62 Å². The van der Waals surface area contributed by atoms with Gasteiger partial charge < -0.3 is 10.2 Å². The minimum atomic E-state index is -3.54. The first kappa shape index (κ1) is 28.2. The summed E-state index contributed by atoms with van der Waals surface area (Å²) < 4.78 is 26.1. The third kappa shape index (κ3) is 8.06. The fourth-order valence-electron chi connectivity index (χ4n) is 4.13. The van der Waals surface area contributed by atoms with Crippen molar-refractivity contribution in [3.63, 3.8) is 0 Å². The van der Waals surface area contributed by atoms with Gasteiger partial charge in [-0.05, 0) is 35.7 Å². The summed E-state index contributed by atoms with van der Waals surface area (Å²) >= 11 is 6.40. The lowest BCUT2D eigenvalue weighted by atomic mass is 10.0. The third-order valence-corrected chi connectivity index (χ3v) is 7.58. The van der Waals surface area contributed by atoms with E-state index in [0.717, 1.165) is 17.4 Å². The van der Waals surface area contributed by atoms with Gasteiger partial charge in [0.2, 0.25) is 21.8 Å². The Balaban J connectivity index is 1.84. The Bertz CT molecular complexity index is 1290. The molecular weight excluding hydrogens is 510 g/mol. The molecule has 37 heavy (non-hydrogen) atoms. The van der Waals surface area contributed by atoms with Crippen LogP contribution in [-0.4, -0.2) is 51.0 Å². The molecule has 0 heterocycles. The molecule has 3 aromatic rings. The summed E-state index contributed by atoms with van der Waals surface area (Å²) in [6.45, 7) is 0.287. The molecule has 0 aliphatic heterocycles. The fraction of sp³-hybridized carbons (Fsp3) is 0.286. The largest absolute Gasteiger partial charge is 0.357 e. The minimum absolute atomic E-state index is 0.0611. The maximum atomic E-state index is 13.6. The zero-order valence-corrected chi connectivity index (χ0v) is 22.6. The van der Waals surface area contributed by atoms with Crippen LogP contribution in [0.3, 0.4) is 0 Å². The van der Waals surface area contributed by atoms with Crippen molar-refractivity contribution in [2.75, 3.05) is 24.2 Å². The molecule has 0 aliphatic rings. The molecule has 1 atom stereocenters. The number of likely N-dealkylation sites (N-methyl/N-ethyl adjacent to an activating group) is 1. The molecule has 1 N–H and O–H groups in total. The summed E-state index contributed by atoms with van der Waals surface area (Å²) in [4.78, 5) is 28.2. The van der Waals surface area contributed by atoms with E-state index in [-0.39, 0.29) is 37.7 Å². The molecule has 0 bridgehead atoms. The monoisotopic (exact) mass is 541 g/mol. The Morgan fingerprint density at radius 1 is 0.919 bits per heavy atom. The predicted molar refractivity (Wildman–Crippen MR) is 148 cm³/mol. The molecule has 0 saturated heterocycles. The normalized spacial score (nSPS) is 12.0. The van der Waals surface area contributed by atoms with Crippen molar-refractivity contribution in [2.24, 2.45) is 0 Å². The van der Waals surface area contributed by atoms with Crippen LogP contribution in [0.25, 0.3) is 0 Å². The first-order valence-electron chi connectivity index (χ1n) is 12.0. The summed E-state index contributed by atoms with van der Waals surface area (Å²) in [6, 6.07) is 24.7. The van der Waals surface area contributed by atoms with E-state index in [2.05, 4.69) is 5.32 Å². The van der Waals surface area contributed by atoms with Crippen molar-refractivity contribution in [1.82, 2.24) is 10.2 Å². The number of carbonyl (C=O) groups is 2. The van der Waals surface area contributed by atoms with Gasteiger partial charge in [0.05, 0.1) is 11.9 Å². The number of carbonyl (C=O) groups excluding carboxylic acids is 2. The highest BCUT2D eigenvalue weighted by Crippen LogP contribution is 2.22. The Labute approximate surface area is 224 Å². The van der Waals surface area contributed by atoms with Gasteiger partial charge in [-0.25, -0.2) is 8.42 Å². The number of amides is 2. The molecule has 7 nitrogen and oxygen atoms in total. The fourth-order valence-corrected chi connectivity index (χ4v) is 5.29. The molecule has 0 fully saturated rings. The molecule has 3 rings (SSSR count). The van der Waals surface area contributed by atoms with E-state index < -0.39 is 16.1 Å². The molecule has 0 aliphatic carbocycles. The highest BCUT2D eigenvalue weighted by atomic mass is 35.5. The number of para-hydroxylation sites is 1. The zero-order chi connectivity index (χ0) is 26.8. The van der Waals surface area contributed by atoms with Crippen LogP contribution >= 0.6 is 11.6 Å². The summed E-state index contributed by atoms with van der Waals surface area (Å²) in [5.41, 5.74) is 2.18. The van der Waals surface area contributed by atoms with Gasteiger partial charge in [-0.2, -0.15) is 0 Å². The van der Waals surface area contributed by atoms with E-state index in [0.29, 0.717) is 17.1 Å². The van der Waals surface area contributed by atoms with Gasteiger partial charge in [0.15, 0.2) is 0 Å². The number of anilines is 1. The van der Waals surface area contributed by atoms with Crippen LogP contribution in [0.1, 0.15) is 24.0 Å². The van der Waals surface area contributed by atoms with Gasteiger partial charge in [0.1, 0.15) is 6.04 Å². The van der Waals surface area contributed by atoms with Crippen LogP contribution in [-0.2, 0) is 32.6 Å². The molecule has 3 aromatic carbocycles. The van der Waals surface area contributed by atoms with Gasteiger partial charge in [-0.15, -0.1) is 0 Å². The number of rotatable bonds is 12. The number of halogens is 1. The van der Waals surface area contributed by atoms with E-state index >= 15 is 0 Å². The van der Waals surface area contributed by atoms with Gasteiger partial charge in [0.25, 0.3) is 0 Å². The Hall–Kier alpha value is -3.36. The minimum Gasteiger partial charge on any atom is -0.357 e. The van der Waals surface area contributed by atoms with Crippen LogP contribution in [0.5, 0.6) is 0 Å². The van der Waals surface area contributed by atoms with E-state index in [4.69, 9.17) is 11.6 Å². The predicted octanol–water partition coefficient (Wildman–Crippen LogP) is 4.27. The Morgan fingerprint density at radius 2 is 1.51 bits per heavy atom. The van der Waals surface area contributed by atoms with Crippen molar-refractivity contribution in [3.8, 4) is 0 Å². The smallest absolute Gasteiger partial charge is 0.242 e. The molecule has 0 saturated carbocycles. The van der Waals surface area contributed by atoms with Crippen LogP contribution in [0.2, 0.25) is 5.02 Å². The van der Waals surface area contributed by atoms with Crippen LogP contribution in [0.15, 0.2) is 84.9 Å². The van der Waals surface area contributed by atoms with Crippen molar-refractivity contribution in [1.29, 1.82) is 0 Å². The lowest BCUT2D eigenvalue weighted by Crippen LogP contribution is -2.49. The van der Waals surface area contributed by atoms with Crippen molar-refractivity contribution in [2.45, 2.75) is 31.8 Å². The number of nitrogens with zero attached hydrogens (tertiary/aromatic N) is 2. The summed E-state index contributed by atoms with van der Waals surface area (Å²) in [5, 5.41) is 3.19.